The number of amides is 2. The van der Waals surface area contributed by atoms with Crippen molar-refractivity contribution in [1.82, 2.24) is 25.2 Å². The zero-order valence-electron chi connectivity index (χ0n) is 20.8. The average molecular weight is 516 g/mol. The monoisotopic (exact) mass is 515 g/mol. The highest BCUT2D eigenvalue weighted by Gasteiger charge is 2.74. The molecule has 1 aromatic heterocycles. The third kappa shape index (κ3) is 3.70. The van der Waals surface area contributed by atoms with Crippen molar-refractivity contribution in [3.63, 3.8) is 0 Å². The first-order chi connectivity index (χ1) is 17.4. The van der Waals surface area contributed by atoms with Gasteiger partial charge in [-0.25, -0.2) is 4.68 Å². The molecule has 194 valence electrons. The number of carbonyl (C=O) groups excluding carboxylic acids is 3. The number of ether oxygens (including phenoxy) is 1. The highest BCUT2D eigenvalue weighted by molar-refractivity contribution is 8.02. The van der Waals surface area contributed by atoms with E-state index in [1.165, 1.54) is 0 Å². The van der Waals surface area contributed by atoms with E-state index in [4.69, 9.17) is 4.74 Å². The molecule has 7 atom stereocenters. The van der Waals surface area contributed by atoms with Crippen LogP contribution in [0.15, 0.2) is 24.3 Å². The molecule has 36 heavy (non-hydrogen) atoms. The quantitative estimate of drug-likeness (QED) is 0.482. The number of hydrogen-bond donors (Lipinski definition) is 2. The molecule has 5 rings (SSSR count). The number of aromatic nitrogens is 3. The van der Waals surface area contributed by atoms with Crippen LogP contribution in [-0.2, 0) is 25.8 Å². The van der Waals surface area contributed by atoms with Crippen LogP contribution in [0, 0.1) is 17.8 Å². The number of nitrogens with one attached hydrogen (secondary N) is 1. The second kappa shape index (κ2) is 9.66. The normalized spacial score (nSPS) is 30.4. The second-order valence-corrected chi connectivity index (χ2v) is 11.6. The maximum Gasteiger partial charge on any atom is 0.310 e. The van der Waals surface area contributed by atoms with E-state index >= 15 is 0 Å². The molecule has 10 nitrogen and oxygen atoms in total. The molecule has 3 aliphatic heterocycles. The summed E-state index contributed by atoms with van der Waals surface area (Å²) in [6, 6.07) is 6.16. The lowest BCUT2D eigenvalue weighted by Gasteiger charge is -2.39. The Morgan fingerprint density at radius 3 is 2.83 bits per heavy atom. The molecule has 11 heteroatoms. The topological polar surface area (TPSA) is 127 Å². The summed E-state index contributed by atoms with van der Waals surface area (Å²) in [6.45, 7) is 5.82. The van der Waals surface area contributed by atoms with E-state index in [-0.39, 0.29) is 48.8 Å². The number of benzene rings is 1. The maximum atomic E-state index is 14.0. The summed E-state index contributed by atoms with van der Waals surface area (Å²) in [6.07, 6.45) is 2.15. The van der Waals surface area contributed by atoms with Crippen LogP contribution in [0.1, 0.15) is 40.0 Å². The Bertz CT molecular complexity index is 1170. The van der Waals surface area contributed by atoms with Crippen molar-refractivity contribution < 1.29 is 24.2 Å². The SMILES string of the molecule is CCOC(=O)[C@@H]1[C@H]2C(=O)N([C@@H](CO)[C@@H](C)CC)C(C(=O)NCn3nnc4ccccc43)C23CC[C@H]1S3. The number of rotatable bonds is 9. The van der Waals surface area contributed by atoms with Gasteiger partial charge in [0.1, 0.15) is 18.2 Å². The highest BCUT2D eigenvalue weighted by atomic mass is 32.2. The Labute approximate surface area is 214 Å². The molecule has 2 aromatic rings. The standard InChI is InChI=1S/C25H33N5O5S/c1-4-14(3)17(12-31)30-21(22(32)26-13-29-16-9-7-6-8-15(16)27-28-29)25-11-10-18(36-25)19(20(25)23(30)33)24(34)35-5-2/h6-9,14,17-21,31H,4-5,10-13H2,1-3H3,(H,26,32)/t14-,17-,18+,19-,20-,21?,25?/m0/s1. The van der Waals surface area contributed by atoms with E-state index in [1.54, 1.807) is 28.3 Å². The maximum absolute atomic E-state index is 14.0. The van der Waals surface area contributed by atoms with Crippen LogP contribution >= 0.6 is 11.8 Å². The van der Waals surface area contributed by atoms with Crippen LogP contribution in [0.4, 0.5) is 0 Å². The lowest BCUT2D eigenvalue weighted by atomic mass is 9.71. The number of thioether (sulfide) groups is 1. The van der Waals surface area contributed by atoms with E-state index in [2.05, 4.69) is 15.6 Å². The molecule has 1 aromatic carbocycles. The molecule has 2 N–H and O–H groups in total. The third-order valence-electron chi connectivity index (χ3n) is 8.21. The van der Waals surface area contributed by atoms with Crippen molar-refractivity contribution in [1.29, 1.82) is 0 Å². The molecule has 2 amide bonds. The van der Waals surface area contributed by atoms with Gasteiger partial charge in [-0.3, -0.25) is 14.4 Å². The van der Waals surface area contributed by atoms with Gasteiger partial charge in [-0.1, -0.05) is 37.6 Å². The zero-order valence-corrected chi connectivity index (χ0v) is 21.6. The zero-order chi connectivity index (χ0) is 25.6. The van der Waals surface area contributed by atoms with Gasteiger partial charge in [0, 0.05) is 5.25 Å². The van der Waals surface area contributed by atoms with Gasteiger partial charge in [0.05, 0.1) is 41.4 Å². The summed E-state index contributed by atoms with van der Waals surface area (Å²) in [5.74, 6) is -2.13. The second-order valence-electron chi connectivity index (χ2n) is 9.97. The van der Waals surface area contributed by atoms with Gasteiger partial charge in [-0.05, 0) is 37.8 Å². The number of para-hydroxylation sites is 1. The Morgan fingerprint density at radius 2 is 2.11 bits per heavy atom. The van der Waals surface area contributed by atoms with Crippen molar-refractivity contribution in [3.05, 3.63) is 24.3 Å². The van der Waals surface area contributed by atoms with Crippen molar-refractivity contribution in [2.45, 2.75) is 68.8 Å². The van der Waals surface area contributed by atoms with Gasteiger partial charge in [-0.2, -0.15) is 0 Å². The number of hydrogen-bond acceptors (Lipinski definition) is 8. The Kier molecular flexibility index (Phi) is 6.71. The molecule has 0 radical (unpaired) electrons. The minimum atomic E-state index is -0.801. The molecule has 2 unspecified atom stereocenters. The molecule has 0 aliphatic carbocycles. The Morgan fingerprint density at radius 1 is 1.33 bits per heavy atom. The van der Waals surface area contributed by atoms with Crippen LogP contribution in [-0.4, -0.2) is 78.1 Å². The molecule has 3 aliphatic rings. The van der Waals surface area contributed by atoms with E-state index in [1.807, 2.05) is 38.1 Å². The van der Waals surface area contributed by atoms with Crippen LogP contribution in [0.5, 0.6) is 0 Å². The molecule has 4 heterocycles. The number of aliphatic hydroxyl groups is 1. The van der Waals surface area contributed by atoms with Gasteiger partial charge >= 0.3 is 5.97 Å². The first kappa shape index (κ1) is 25.0. The average Bonchev–Trinajstić information content (AvgIpc) is 3.62. The molecule has 2 bridgehead atoms. The summed E-state index contributed by atoms with van der Waals surface area (Å²) in [5.41, 5.74) is 1.52. The third-order valence-corrected chi connectivity index (χ3v) is 10.2. The summed E-state index contributed by atoms with van der Waals surface area (Å²) >= 11 is 1.59. The largest absolute Gasteiger partial charge is 0.466 e. The fraction of sp³-hybridized carbons (Fsp3) is 0.640. The summed E-state index contributed by atoms with van der Waals surface area (Å²) < 4.78 is 6.25. The number of likely N-dealkylation sites (tertiary alicyclic amines) is 1. The van der Waals surface area contributed by atoms with E-state index < -0.39 is 28.7 Å². The van der Waals surface area contributed by atoms with Gasteiger partial charge in [0.2, 0.25) is 11.8 Å². The van der Waals surface area contributed by atoms with Gasteiger partial charge in [0.15, 0.2) is 0 Å². The smallest absolute Gasteiger partial charge is 0.310 e. The number of nitrogens with zero attached hydrogens (tertiary/aromatic N) is 4. The fourth-order valence-corrected chi connectivity index (χ4v) is 8.55. The minimum Gasteiger partial charge on any atom is -0.466 e. The molecule has 3 fully saturated rings. The number of aliphatic hydroxyl groups excluding tert-OH is 1. The van der Waals surface area contributed by atoms with Crippen molar-refractivity contribution in [2.24, 2.45) is 17.8 Å². The summed E-state index contributed by atoms with van der Waals surface area (Å²) in [5, 5.41) is 21.6. The molecule has 1 spiro atoms. The van der Waals surface area contributed by atoms with Gasteiger partial charge in [-0.15, -0.1) is 16.9 Å². The van der Waals surface area contributed by atoms with Crippen LogP contribution in [0.25, 0.3) is 11.0 Å². The molecule has 3 saturated heterocycles. The first-order valence-electron chi connectivity index (χ1n) is 12.7. The number of fused-ring (bicyclic) bond motifs is 2. The lowest BCUT2D eigenvalue weighted by molar-refractivity contribution is -0.154. The number of carbonyl (C=O) groups is 3. The molecule has 0 saturated carbocycles. The van der Waals surface area contributed by atoms with E-state index in [0.29, 0.717) is 6.42 Å². The van der Waals surface area contributed by atoms with Crippen LogP contribution < -0.4 is 5.32 Å². The Hall–Kier alpha value is -2.66. The van der Waals surface area contributed by atoms with Gasteiger partial charge < -0.3 is 20.1 Å². The number of esters is 1. The highest BCUT2D eigenvalue weighted by Crippen LogP contribution is 2.66. The van der Waals surface area contributed by atoms with E-state index in [0.717, 1.165) is 23.9 Å². The van der Waals surface area contributed by atoms with Crippen LogP contribution in [0.2, 0.25) is 0 Å². The predicted octanol–water partition coefficient (Wildman–Crippen LogP) is 1.57. The lowest BCUT2D eigenvalue weighted by Crippen LogP contribution is -2.57. The van der Waals surface area contributed by atoms with Gasteiger partial charge in [0.25, 0.3) is 0 Å². The van der Waals surface area contributed by atoms with E-state index in [9.17, 15) is 19.5 Å². The van der Waals surface area contributed by atoms with Crippen molar-refractivity contribution in [2.75, 3.05) is 13.2 Å². The van der Waals surface area contributed by atoms with Crippen molar-refractivity contribution >= 4 is 40.6 Å². The summed E-state index contributed by atoms with van der Waals surface area (Å²) in [7, 11) is 0. The van der Waals surface area contributed by atoms with Crippen molar-refractivity contribution in [3.8, 4) is 0 Å². The summed E-state index contributed by atoms with van der Waals surface area (Å²) in [4.78, 5) is 42.5. The fourth-order valence-electron chi connectivity index (χ4n) is 6.35. The minimum absolute atomic E-state index is 0.0213. The molecular weight excluding hydrogens is 482 g/mol. The molecular formula is C25H33N5O5S. The predicted molar refractivity (Wildman–Crippen MR) is 134 cm³/mol. The Balaban J connectivity index is 1.49. The first-order valence-corrected chi connectivity index (χ1v) is 13.6. The van der Waals surface area contributed by atoms with Crippen LogP contribution in [0.3, 0.4) is 0 Å².